The van der Waals surface area contributed by atoms with Crippen LogP contribution in [0.25, 0.3) is 0 Å². The van der Waals surface area contributed by atoms with Crippen LogP contribution in [0.5, 0.6) is 0 Å². The molecule has 1 aromatic heterocycles. The summed E-state index contributed by atoms with van der Waals surface area (Å²) in [5.41, 5.74) is -0.929. The van der Waals surface area contributed by atoms with Crippen molar-refractivity contribution in [2.75, 3.05) is 0 Å². The van der Waals surface area contributed by atoms with Gasteiger partial charge in [-0.2, -0.15) is 0 Å². The second kappa shape index (κ2) is 2.90. The minimum atomic E-state index is -1.17. The number of Topliss-reactive ketones (excluding diaryl/α,β-unsaturated/α-hetero) is 1. The molecule has 0 amide bonds. The number of hydrogen-bond donors (Lipinski definition) is 1. The molecular weight excluding hydrogens is 182 g/mol. The van der Waals surface area contributed by atoms with E-state index in [2.05, 4.69) is 4.98 Å². The molecule has 1 aromatic rings. The zero-order valence-corrected chi connectivity index (χ0v) is 7.43. The molecule has 4 nitrogen and oxygen atoms in total. The maximum atomic E-state index is 11.7. The molecule has 4 heteroatoms. The Hall–Kier alpha value is -1.71. The lowest BCUT2D eigenvalue weighted by Gasteiger charge is -2.06. The number of carboxylic acids is 1. The topological polar surface area (TPSA) is 67.3 Å². The van der Waals surface area contributed by atoms with Gasteiger partial charge in [0, 0.05) is 6.20 Å². The summed E-state index contributed by atoms with van der Waals surface area (Å²) in [6, 6.07) is 4.92. The second-order valence-corrected chi connectivity index (χ2v) is 3.43. The van der Waals surface area contributed by atoms with E-state index in [1.165, 1.54) is 6.20 Å². The number of aliphatic carboxylic acids is 1. The van der Waals surface area contributed by atoms with Crippen LogP contribution < -0.4 is 0 Å². The van der Waals surface area contributed by atoms with Gasteiger partial charge in [-0.25, -0.2) is 0 Å². The van der Waals surface area contributed by atoms with Gasteiger partial charge in [0.25, 0.3) is 0 Å². The zero-order chi connectivity index (χ0) is 10.2. The number of carbonyl (C=O) groups is 2. The van der Waals surface area contributed by atoms with Gasteiger partial charge in [-0.15, -0.1) is 0 Å². The van der Waals surface area contributed by atoms with Gasteiger partial charge < -0.3 is 5.11 Å². The molecule has 14 heavy (non-hydrogen) atoms. The lowest BCUT2D eigenvalue weighted by atomic mass is 9.98. The van der Waals surface area contributed by atoms with Gasteiger partial charge in [-0.1, -0.05) is 6.07 Å². The van der Waals surface area contributed by atoms with E-state index in [-0.39, 0.29) is 11.5 Å². The van der Waals surface area contributed by atoms with Gasteiger partial charge in [0.2, 0.25) is 0 Å². The Morgan fingerprint density at radius 1 is 1.36 bits per heavy atom. The van der Waals surface area contributed by atoms with Crippen molar-refractivity contribution in [2.24, 2.45) is 5.41 Å². The molecule has 1 saturated carbocycles. The molecule has 1 heterocycles. The number of carbonyl (C=O) groups excluding carboxylic acids is 1. The van der Waals surface area contributed by atoms with Gasteiger partial charge in [-0.05, 0) is 25.0 Å². The Morgan fingerprint density at radius 2 is 2.07 bits per heavy atom. The highest BCUT2D eigenvalue weighted by atomic mass is 16.4. The predicted molar refractivity (Wildman–Crippen MR) is 47.9 cm³/mol. The third kappa shape index (κ3) is 1.19. The van der Waals surface area contributed by atoms with Crippen LogP contribution in [0.1, 0.15) is 23.3 Å². The summed E-state index contributed by atoms with van der Waals surface area (Å²) in [6.45, 7) is 0. The second-order valence-electron chi connectivity index (χ2n) is 3.43. The van der Waals surface area contributed by atoms with Gasteiger partial charge >= 0.3 is 5.97 Å². The summed E-state index contributed by atoms with van der Waals surface area (Å²) in [5.74, 6) is -1.40. The molecule has 0 radical (unpaired) electrons. The van der Waals surface area contributed by atoms with E-state index in [0.717, 1.165) is 0 Å². The third-order valence-corrected chi connectivity index (χ3v) is 2.49. The highest BCUT2D eigenvalue weighted by molar-refractivity contribution is 6.13. The number of aromatic nitrogens is 1. The van der Waals surface area contributed by atoms with Gasteiger partial charge in [0.05, 0.1) is 0 Å². The van der Waals surface area contributed by atoms with Crippen LogP contribution in [0.3, 0.4) is 0 Å². The van der Waals surface area contributed by atoms with Crippen LogP contribution in [-0.2, 0) is 4.79 Å². The average molecular weight is 191 g/mol. The van der Waals surface area contributed by atoms with Crippen LogP contribution in [0.4, 0.5) is 0 Å². The summed E-state index contributed by atoms with van der Waals surface area (Å²) in [5, 5.41) is 8.89. The van der Waals surface area contributed by atoms with Crippen LogP contribution >= 0.6 is 0 Å². The first-order chi connectivity index (χ1) is 6.67. The van der Waals surface area contributed by atoms with Crippen molar-refractivity contribution in [3.63, 3.8) is 0 Å². The summed E-state index contributed by atoms with van der Waals surface area (Å²) in [7, 11) is 0. The fraction of sp³-hybridized carbons (Fsp3) is 0.300. The Balaban J connectivity index is 2.30. The summed E-state index contributed by atoms with van der Waals surface area (Å²) in [6.07, 6.45) is 2.35. The Labute approximate surface area is 80.6 Å². The fourth-order valence-electron chi connectivity index (χ4n) is 1.41. The van der Waals surface area contributed by atoms with E-state index in [0.29, 0.717) is 12.8 Å². The highest BCUT2D eigenvalue weighted by Crippen LogP contribution is 2.48. The molecule has 0 atom stereocenters. The fourth-order valence-corrected chi connectivity index (χ4v) is 1.41. The molecule has 1 N–H and O–H groups in total. The van der Waals surface area contributed by atoms with Crippen LogP contribution in [0, 0.1) is 5.41 Å². The standard InChI is InChI=1S/C10H9NO3/c12-8(7-3-1-2-6-11-7)10(4-5-10)9(13)14/h1-3,6H,4-5H2,(H,13,14). The van der Waals surface area contributed by atoms with Crippen molar-refractivity contribution in [1.82, 2.24) is 4.98 Å². The molecule has 0 saturated heterocycles. The molecule has 1 aliphatic carbocycles. The first-order valence-corrected chi connectivity index (χ1v) is 4.36. The zero-order valence-electron chi connectivity index (χ0n) is 7.43. The van der Waals surface area contributed by atoms with Crippen molar-refractivity contribution in [3.8, 4) is 0 Å². The molecule has 0 aromatic carbocycles. The summed E-state index contributed by atoms with van der Waals surface area (Å²) in [4.78, 5) is 26.4. The molecule has 1 aliphatic rings. The third-order valence-electron chi connectivity index (χ3n) is 2.49. The monoisotopic (exact) mass is 191 g/mol. The molecule has 0 unspecified atom stereocenters. The minimum Gasteiger partial charge on any atom is -0.480 e. The van der Waals surface area contributed by atoms with E-state index in [1.54, 1.807) is 18.2 Å². The largest absolute Gasteiger partial charge is 0.480 e. The normalized spacial score (nSPS) is 17.4. The Kier molecular flexibility index (Phi) is 1.84. The lowest BCUT2D eigenvalue weighted by Crippen LogP contribution is -2.26. The number of rotatable bonds is 3. The maximum absolute atomic E-state index is 11.7. The smallest absolute Gasteiger partial charge is 0.317 e. The lowest BCUT2D eigenvalue weighted by molar-refractivity contribution is -0.141. The summed E-state index contributed by atoms with van der Waals surface area (Å²) < 4.78 is 0. The number of ketones is 1. The number of pyridine rings is 1. The van der Waals surface area contributed by atoms with Gasteiger partial charge in [-0.3, -0.25) is 14.6 Å². The molecule has 0 bridgehead atoms. The van der Waals surface area contributed by atoms with E-state index >= 15 is 0 Å². The molecular formula is C10H9NO3. The SMILES string of the molecule is O=C(O)C1(C(=O)c2ccccn2)CC1. The van der Waals surface area contributed by atoms with Crippen LogP contribution in [0.15, 0.2) is 24.4 Å². The predicted octanol–water partition coefficient (Wildman–Crippen LogP) is 1.13. The summed E-state index contributed by atoms with van der Waals surface area (Å²) >= 11 is 0. The van der Waals surface area contributed by atoms with Crippen molar-refractivity contribution < 1.29 is 14.7 Å². The molecule has 0 aliphatic heterocycles. The molecule has 1 fully saturated rings. The number of carboxylic acid groups (broad SMARTS) is 1. The van der Waals surface area contributed by atoms with Crippen LogP contribution in [-0.4, -0.2) is 21.8 Å². The van der Waals surface area contributed by atoms with Gasteiger partial charge in [0.1, 0.15) is 11.1 Å². The highest BCUT2D eigenvalue weighted by Gasteiger charge is 2.57. The van der Waals surface area contributed by atoms with E-state index in [4.69, 9.17) is 5.11 Å². The first-order valence-electron chi connectivity index (χ1n) is 4.36. The van der Waals surface area contributed by atoms with Crippen molar-refractivity contribution in [3.05, 3.63) is 30.1 Å². The number of nitrogens with zero attached hydrogens (tertiary/aromatic N) is 1. The molecule has 72 valence electrons. The van der Waals surface area contributed by atoms with E-state index in [9.17, 15) is 9.59 Å². The molecule has 0 spiro atoms. The first kappa shape index (κ1) is 8.87. The average Bonchev–Trinajstić information content (AvgIpc) is 2.99. The van der Waals surface area contributed by atoms with E-state index in [1.807, 2.05) is 0 Å². The number of hydrogen-bond acceptors (Lipinski definition) is 3. The maximum Gasteiger partial charge on any atom is 0.317 e. The van der Waals surface area contributed by atoms with Crippen molar-refractivity contribution >= 4 is 11.8 Å². The molecule has 2 rings (SSSR count). The van der Waals surface area contributed by atoms with Crippen molar-refractivity contribution in [1.29, 1.82) is 0 Å². The van der Waals surface area contributed by atoms with Gasteiger partial charge in [0.15, 0.2) is 5.78 Å². The van der Waals surface area contributed by atoms with Crippen molar-refractivity contribution in [2.45, 2.75) is 12.8 Å². The quantitative estimate of drug-likeness (QED) is 0.574. The van der Waals surface area contributed by atoms with Crippen LogP contribution in [0.2, 0.25) is 0 Å². The van der Waals surface area contributed by atoms with E-state index < -0.39 is 11.4 Å². The Morgan fingerprint density at radius 3 is 2.50 bits per heavy atom. The Bertz CT molecular complexity index is 382. The minimum absolute atomic E-state index is 0.243.